The lowest BCUT2D eigenvalue weighted by Gasteiger charge is -2.08. The molecule has 17 heavy (non-hydrogen) atoms. The van der Waals surface area contributed by atoms with Crippen molar-refractivity contribution in [2.24, 2.45) is 0 Å². The van der Waals surface area contributed by atoms with Crippen LogP contribution in [0.3, 0.4) is 0 Å². The number of Topliss-reactive ketones (excluding diaryl/α,β-unsaturated/α-hetero) is 1. The van der Waals surface area contributed by atoms with Gasteiger partial charge in [-0.3, -0.25) is 4.79 Å². The first kappa shape index (κ1) is 12.6. The monoisotopic (exact) mass is 250 g/mol. The fraction of sp³-hybridized carbons (Fsp3) is 0.533. The van der Waals surface area contributed by atoms with Crippen molar-refractivity contribution < 1.29 is 4.79 Å². The number of aryl methyl sites for hydroxylation is 3. The van der Waals surface area contributed by atoms with Gasteiger partial charge < -0.3 is 0 Å². The Labute approximate surface area is 108 Å². The van der Waals surface area contributed by atoms with Crippen molar-refractivity contribution in [2.45, 2.75) is 45.4 Å². The SMILES string of the molecule is Cc1cc2c(cc1CCCCCCl)CCC2=O. The van der Waals surface area contributed by atoms with Crippen LogP contribution in [0.1, 0.15) is 52.7 Å². The fourth-order valence-corrected chi connectivity index (χ4v) is 2.70. The highest BCUT2D eigenvalue weighted by atomic mass is 35.5. The molecule has 0 bridgehead atoms. The molecule has 1 nitrogen and oxygen atoms in total. The Balaban J connectivity index is 2.06. The summed E-state index contributed by atoms with van der Waals surface area (Å²) < 4.78 is 0. The van der Waals surface area contributed by atoms with Gasteiger partial charge in [-0.2, -0.15) is 0 Å². The van der Waals surface area contributed by atoms with Crippen LogP contribution in [-0.4, -0.2) is 11.7 Å². The Morgan fingerprint density at radius 2 is 2.00 bits per heavy atom. The van der Waals surface area contributed by atoms with E-state index < -0.39 is 0 Å². The number of benzene rings is 1. The second kappa shape index (κ2) is 5.68. The van der Waals surface area contributed by atoms with Gasteiger partial charge in [-0.25, -0.2) is 0 Å². The summed E-state index contributed by atoms with van der Waals surface area (Å²) in [6, 6.07) is 4.33. The Hall–Kier alpha value is -0.820. The molecule has 1 aromatic rings. The van der Waals surface area contributed by atoms with Crippen molar-refractivity contribution in [3.8, 4) is 0 Å². The van der Waals surface area contributed by atoms with E-state index in [9.17, 15) is 4.79 Å². The van der Waals surface area contributed by atoms with Crippen LogP contribution in [0, 0.1) is 6.92 Å². The molecule has 0 amide bonds. The van der Waals surface area contributed by atoms with Crippen LogP contribution in [0.4, 0.5) is 0 Å². The summed E-state index contributed by atoms with van der Waals surface area (Å²) in [5, 5.41) is 0. The second-order valence-corrected chi connectivity index (χ2v) is 5.24. The van der Waals surface area contributed by atoms with E-state index in [4.69, 9.17) is 11.6 Å². The molecule has 0 radical (unpaired) electrons. The molecule has 0 spiro atoms. The molecule has 0 heterocycles. The maximum atomic E-state index is 11.6. The summed E-state index contributed by atoms with van der Waals surface area (Å²) in [5.41, 5.74) is 4.90. The summed E-state index contributed by atoms with van der Waals surface area (Å²) in [4.78, 5) is 11.6. The summed E-state index contributed by atoms with van der Waals surface area (Å²) in [5.74, 6) is 1.08. The predicted octanol–water partition coefficient (Wildman–Crippen LogP) is 4.08. The smallest absolute Gasteiger partial charge is 0.163 e. The number of unbranched alkanes of at least 4 members (excludes halogenated alkanes) is 2. The van der Waals surface area contributed by atoms with Gasteiger partial charge in [0.2, 0.25) is 0 Å². The minimum atomic E-state index is 0.316. The highest BCUT2D eigenvalue weighted by molar-refractivity contribution is 6.17. The number of carbonyl (C=O) groups excluding carboxylic acids is 1. The van der Waals surface area contributed by atoms with E-state index in [1.807, 2.05) is 0 Å². The first-order chi connectivity index (χ1) is 8.22. The van der Waals surface area contributed by atoms with Crippen LogP contribution < -0.4 is 0 Å². The molecule has 0 saturated carbocycles. The lowest BCUT2D eigenvalue weighted by Crippen LogP contribution is -1.97. The number of alkyl halides is 1. The van der Waals surface area contributed by atoms with Crippen LogP contribution in [0.2, 0.25) is 0 Å². The molecule has 0 fully saturated rings. The largest absolute Gasteiger partial charge is 0.294 e. The molecule has 2 rings (SSSR count). The third-order valence-electron chi connectivity index (χ3n) is 3.56. The molecule has 0 atom stereocenters. The van der Waals surface area contributed by atoms with E-state index >= 15 is 0 Å². The van der Waals surface area contributed by atoms with Gasteiger partial charge in [0.05, 0.1) is 0 Å². The van der Waals surface area contributed by atoms with Gasteiger partial charge in [0.15, 0.2) is 5.78 Å². The summed E-state index contributed by atoms with van der Waals surface area (Å²) in [6.45, 7) is 2.11. The van der Waals surface area contributed by atoms with E-state index in [1.54, 1.807) is 0 Å². The van der Waals surface area contributed by atoms with Gasteiger partial charge in [-0.15, -0.1) is 11.6 Å². The molecule has 0 saturated heterocycles. The summed E-state index contributed by atoms with van der Waals surface area (Å²) in [7, 11) is 0. The van der Waals surface area contributed by atoms with Gasteiger partial charge in [0.1, 0.15) is 0 Å². The van der Waals surface area contributed by atoms with E-state index in [0.29, 0.717) is 12.2 Å². The Morgan fingerprint density at radius 3 is 2.76 bits per heavy atom. The van der Waals surface area contributed by atoms with Crippen molar-refractivity contribution in [1.82, 2.24) is 0 Å². The first-order valence-electron chi connectivity index (χ1n) is 6.44. The van der Waals surface area contributed by atoms with Crippen LogP contribution in [0.25, 0.3) is 0 Å². The van der Waals surface area contributed by atoms with Crippen molar-refractivity contribution in [3.63, 3.8) is 0 Å². The van der Waals surface area contributed by atoms with Crippen LogP contribution in [0.15, 0.2) is 12.1 Å². The molecule has 1 aliphatic carbocycles. The third kappa shape index (κ3) is 2.90. The van der Waals surface area contributed by atoms with Gasteiger partial charge in [0.25, 0.3) is 0 Å². The van der Waals surface area contributed by atoms with Crippen LogP contribution in [0.5, 0.6) is 0 Å². The van der Waals surface area contributed by atoms with Crippen LogP contribution in [-0.2, 0) is 12.8 Å². The minimum Gasteiger partial charge on any atom is -0.294 e. The molecular weight excluding hydrogens is 232 g/mol. The lowest BCUT2D eigenvalue weighted by molar-refractivity contribution is 0.0994. The minimum absolute atomic E-state index is 0.316. The highest BCUT2D eigenvalue weighted by Gasteiger charge is 2.20. The molecular formula is C15H19ClO. The fourth-order valence-electron chi connectivity index (χ4n) is 2.51. The molecule has 1 aliphatic rings. The van der Waals surface area contributed by atoms with Crippen LogP contribution >= 0.6 is 11.6 Å². The summed E-state index contributed by atoms with van der Waals surface area (Å²) >= 11 is 5.67. The molecule has 1 aromatic carbocycles. The molecule has 0 aromatic heterocycles. The Morgan fingerprint density at radius 1 is 1.18 bits per heavy atom. The maximum absolute atomic E-state index is 11.6. The van der Waals surface area contributed by atoms with E-state index in [2.05, 4.69) is 19.1 Å². The Bertz CT molecular complexity index is 423. The second-order valence-electron chi connectivity index (χ2n) is 4.86. The molecule has 0 unspecified atom stereocenters. The number of hydrogen-bond acceptors (Lipinski definition) is 1. The van der Waals surface area contributed by atoms with E-state index in [0.717, 1.165) is 30.7 Å². The van der Waals surface area contributed by atoms with E-state index in [1.165, 1.54) is 29.5 Å². The van der Waals surface area contributed by atoms with Crippen molar-refractivity contribution in [1.29, 1.82) is 0 Å². The number of hydrogen-bond donors (Lipinski definition) is 0. The average molecular weight is 251 g/mol. The average Bonchev–Trinajstić information content (AvgIpc) is 2.66. The predicted molar refractivity (Wildman–Crippen MR) is 72.1 cm³/mol. The first-order valence-corrected chi connectivity index (χ1v) is 6.97. The quantitative estimate of drug-likeness (QED) is 0.569. The number of fused-ring (bicyclic) bond motifs is 1. The standard InChI is InChI=1S/C15H19ClO/c1-11-9-14-13(6-7-15(14)17)10-12(11)5-3-2-4-8-16/h9-10H,2-8H2,1H3. The number of halogens is 1. The third-order valence-corrected chi connectivity index (χ3v) is 3.83. The number of ketones is 1. The van der Waals surface area contributed by atoms with Gasteiger partial charge >= 0.3 is 0 Å². The van der Waals surface area contributed by atoms with Gasteiger partial charge in [0, 0.05) is 17.9 Å². The zero-order valence-corrected chi connectivity index (χ0v) is 11.1. The number of rotatable bonds is 5. The molecule has 0 aliphatic heterocycles. The zero-order chi connectivity index (χ0) is 12.3. The summed E-state index contributed by atoms with van der Waals surface area (Å²) in [6.07, 6.45) is 6.24. The van der Waals surface area contributed by atoms with Gasteiger partial charge in [-0.1, -0.05) is 12.5 Å². The highest BCUT2D eigenvalue weighted by Crippen LogP contribution is 2.26. The van der Waals surface area contributed by atoms with E-state index in [-0.39, 0.29) is 0 Å². The Kier molecular flexibility index (Phi) is 4.22. The molecule has 2 heteroatoms. The van der Waals surface area contributed by atoms with Gasteiger partial charge in [-0.05, 0) is 55.4 Å². The normalized spacial score (nSPS) is 14.1. The molecule has 92 valence electrons. The lowest BCUT2D eigenvalue weighted by atomic mass is 9.97. The van der Waals surface area contributed by atoms with Crippen molar-refractivity contribution in [3.05, 3.63) is 34.4 Å². The number of carbonyl (C=O) groups is 1. The molecule has 0 N–H and O–H groups in total. The maximum Gasteiger partial charge on any atom is 0.163 e. The zero-order valence-electron chi connectivity index (χ0n) is 10.4. The topological polar surface area (TPSA) is 17.1 Å². The van der Waals surface area contributed by atoms with Crippen molar-refractivity contribution >= 4 is 17.4 Å². The van der Waals surface area contributed by atoms with Crippen molar-refractivity contribution in [2.75, 3.05) is 5.88 Å².